The lowest BCUT2D eigenvalue weighted by Gasteiger charge is -2.07. The third-order valence-electron chi connectivity index (χ3n) is 4.48. The summed E-state index contributed by atoms with van der Waals surface area (Å²) in [6.07, 6.45) is 2.77. The lowest BCUT2D eigenvalue weighted by molar-refractivity contribution is -0.112. The third-order valence-corrected chi connectivity index (χ3v) is 4.84. The molecule has 1 heterocycles. The topological polar surface area (TPSA) is 76.0 Å². The van der Waals surface area contributed by atoms with Crippen molar-refractivity contribution in [1.29, 1.82) is 0 Å². The molecule has 0 aliphatic carbocycles. The van der Waals surface area contributed by atoms with E-state index in [1.165, 1.54) is 12.2 Å². The Morgan fingerprint density at radius 3 is 2.18 bits per heavy atom. The van der Waals surface area contributed by atoms with Gasteiger partial charge in [-0.1, -0.05) is 75.0 Å². The summed E-state index contributed by atoms with van der Waals surface area (Å²) in [6.45, 7) is 11.2. The number of carbonyl (C=O) groups is 2. The molecule has 33 heavy (non-hydrogen) atoms. The first-order valence-corrected chi connectivity index (χ1v) is 10.8. The van der Waals surface area contributed by atoms with Gasteiger partial charge in [0.15, 0.2) is 0 Å². The van der Waals surface area contributed by atoms with Crippen molar-refractivity contribution in [3.05, 3.63) is 102 Å². The molecule has 0 bridgehead atoms. The highest BCUT2D eigenvalue weighted by Gasteiger charge is 2.13. The maximum atomic E-state index is 12.4. The second-order valence-electron chi connectivity index (χ2n) is 6.56. The van der Waals surface area contributed by atoms with Crippen LogP contribution in [0.5, 0.6) is 0 Å². The first-order valence-electron chi connectivity index (χ1n) is 10.4. The van der Waals surface area contributed by atoms with E-state index in [0.717, 1.165) is 5.56 Å². The van der Waals surface area contributed by atoms with E-state index in [0.29, 0.717) is 22.8 Å². The number of nitrogens with one attached hydrogen (secondary N) is 2. The molecule has 0 aliphatic heterocycles. The van der Waals surface area contributed by atoms with E-state index in [4.69, 9.17) is 11.6 Å². The van der Waals surface area contributed by atoms with Gasteiger partial charge in [-0.2, -0.15) is 5.10 Å². The Morgan fingerprint density at radius 2 is 1.61 bits per heavy atom. The van der Waals surface area contributed by atoms with Gasteiger partial charge < -0.3 is 10.6 Å². The Hall–Kier alpha value is -3.90. The molecule has 2 amide bonds. The van der Waals surface area contributed by atoms with Gasteiger partial charge in [-0.15, -0.1) is 0 Å². The molecular formula is C26H27ClN4O2. The SMILES string of the molecule is C=C/C(Cl)=C(\C=C)C(=O)Nc1ccc(-c2cc(NC(=O)c3ccccc3)n(C)n2)cc1.CC. The minimum absolute atomic E-state index is 0.211. The van der Waals surface area contributed by atoms with Crippen LogP contribution in [0.15, 0.2) is 96.6 Å². The van der Waals surface area contributed by atoms with Crippen LogP contribution in [0.3, 0.4) is 0 Å². The summed E-state index contributed by atoms with van der Waals surface area (Å²) in [5.41, 5.74) is 2.91. The molecule has 170 valence electrons. The zero-order valence-electron chi connectivity index (χ0n) is 18.9. The molecule has 6 nitrogen and oxygen atoms in total. The van der Waals surface area contributed by atoms with Gasteiger partial charge in [-0.05, 0) is 30.3 Å². The summed E-state index contributed by atoms with van der Waals surface area (Å²) < 4.78 is 1.60. The van der Waals surface area contributed by atoms with E-state index in [2.05, 4.69) is 28.9 Å². The first kappa shape index (κ1) is 25.4. The number of aryl methyl sites for hydroxylation is 1. The fraction of sp³-hybridized carbons (Fsp3) is 0.115. The van der Waals surface area contributed by atoms with E-state index in [1.54, 1.807) is 42.1 Å². The lowest BCUT2D eigenvalue weighted by Crippen LogP contribution is -2.14. The van der Waals surface area contributed by atoms with E-state index in [-0.39, 0.29) is 22.4 Å². The van der Waals surface area contributed by atoms with Crippen LogP contribution in [-0.2, 0) is 11.8 Å². The van der Waals surface area contributed by atoms with Gasteiger partial charge in [-0.25, -0.2) is 0 Å². The van der Waals surface area contributed by atoms with Crippen LogP contribution >= 0.6 is 11.6 Å². The van der Waals surface area contributed by atoms with Crippen LogP contribution in [0.4, 0.5) is 11.5 Å². The number of rotatable bonds is 7. The largest absolute Gasteiger partial charge is 0.322 e. The Kier molecular flexibility index (Phi) is 9.39. The standard InChI is InChI=1S/C24H21ClN4O2.C2H6/c1-4-19(20(25)5-2)24(31)26-18-13-11-16(12-14-18)21-15-22(29(3)28-21)27-23(30)17-9-7-6-8-10-17;1-2/h4-15H,1-2H2,3H3,(H,26,31)(H,27,30);1-2H3/b20-19-;. The number of halogens is 1. The molecule has 2 aromatic carbocycles. The predicted molar refractivity (Wildman–Crippen MR) is 136 cm³/mol. The maximum absolute atomic E-state index is 12.4. The maximum Gasteiger partial charge on any atom is 0.257 e. The van der Waals surface area contributed by atoms with Gasteiger partial charge in [0, 0.05) is 29.9 Å². The highest BCUT2D eigenvalue weighted by atomic mass is 35.5. The molecule has 2 N–H and O–H groups in total. The molecule has 0 aliphatic rings. The lowest BCUT2D eigenvalue weighted by atomic mass is 10.1. The van der Waals surface area contributed by atoms with Crippen LogP contribution in [0.25, 0.3) is 11.3 Å². The van der Waals surface area contributed by atoms with Crippen molar-refractivity contribution in [2.24, 2.45) is 7.05 Å². The van der Waals surface area contributed by atoms with Gasteiger partial charge in [0.2, 0.25) is 0 Å². The second kappa shape index (κ2) is 12.2. The molecule has 0 saturated carbocycles. The number of benzene rings is 2. The number of anilines is 2. The summed E-state index contributed by atoms with van der Waals surface area (Å²) in [6, 6.07) is 17.9. The monoisotopic (exact) mass is 462 g/mol. The fourth-order valence-electron chi connectivity index (χ4n) is 2.83. The smallest absolute Gasteiger partial charge is 0.257 e. The normalized spacial score (nSPS) is 10.8. The molecule has 3 rings (SSSR count). The van der Waals surface area contributed by atoms with Gasteiger partial charge >= 0.3 is 0 Å². The molecule has 0 radical (unpaired) electrons. The van der Waals surface area contributed by atoms with Gasteiger partial charge in [-0.3, -0.25) is 14.3 Å². The van der Waals surface area contributed by atoms with Crippen molar-refractivity contribution in [2.45, 2.75) is 13.8 Å². The van der Waals surface area contributed by atoms with E-state index < -0.39 is 0 Å². The Morgan fingerprint density at radius 1 is 0.970 bits per heavy atom. The average Bonchev–Trinajstić information content (AvgIpc) is 3.21. The van der Waals surface area contributed by atoms with Crippen LogP contribution in [-0.4, -0.2) is 21.6 Å². The highest BCUT2D eigenvalue weighted by molar-refractivity contribution is 6.34. The number of amides is 2. The van der Waals surface area contributed by atoms with Crippen LogP contribution in [0.1, 0.15) is 24.2 Å². The van der Waals surface area contributed by atoms with Gasteiger partial charge in [0.1, 0.15) is 5.82 Å². The minimum Gasteiger partial charge on any atom is -0.322 e. The zero-order valence-corrected chi connectivity index (χ0v) is 19.7. The molecule has 0 saturated heterocycles. The van der Waals surface area contributed by atoms with Gasteiger partial charge in [0.05, 0.1) is 16.3 Å². The van der Waals surface area contributed by atoms with Crippen molar-refractivity contribution < 1.29 is 9.59 Å². The molecule has 1 aromatic heterocycles. The van der Waals surface area contributed by atoms with E-state index in [1.807, 2.05) is 44.2 Å². The number of hydrogen-bond acceptors (Lipinski definition) is 3. The van der Waals surface area contributed by atoms with Crippen molar-refractivity contribution in [2.75, 3.05) is 10.6 Å². The number of carbonyl (C=O) groups excluding carboxylic acids is 2. The molecule has 0 atom stereocenters. The quantitative estimate of drug-likeness (QED) is 0.325. The van der Waals surface area contributed by atoms with Crippen molar-refractivity contribution in [1.82, 2.24) is 9.78 Å². The van der Waals surface area contributed by atoms with Crippen molar-refractivity contribution >= 4 is 34.9 Å². The Labute approximate surface area is 199 Å². The Balaban J connectivity index is 0.00000187. The van der Waals surface area contributed by atoms with Crippen LogP contribution in [0.2, 0.25) is 0 Å². The van der Waals surface area contributed by atoms with Crippen LogP contribution < -0.4 is 10.6 Å². The van der Waals surface area contributed by atoms with Crippen LogP contribution in [0, 0.1) is 0 Å². The molecule has 0 fully saturated rings. The van der Waals surface area contributed by atoms with Crippen molar-refractivity contribution in [3.8, 4) is 11.3 Å². The molecule has 0 unspecified atom stereocenters. The highest BCUT2D eigenvalue weighted by Crippen LogP contribution is 2.24. The number of aromatic nitrogens is 2. The van der Waals surface area contributed by atoms with Crippen molar-refractivity contribution in [3.63, 3.8) is 0 Å². The first-order chi connectivity index (χ1) is 15.9. The zero-order chi connectivity index (χ0) is 24.4. The molecule has 7 heteroatoms. The summed E-state index contributed by atoms with van der Waals surface area (Å²) >= 11 is 5.98. The van der Waals surface area contributed by atoms with Gasteiger partial charge in [0.25, 0.3) is 11.8 Å². The number of allylic oxidation sites excluding steroid dienone is 2. The molecule has 3 aromatic rings. The summed E-state index contributed by atoms with van der Waals surface area (Å²) in [4.78, 5) is 24.7. The Bertz CT molecular complexity index is 1160. The van der Waals surface area contributed by atoms with E-state index >= 15 is 0 Å². The average molecular weight is 463 g/mol. The minimum atomic E-state index is -0.378. The summed E-state index contributed by atoms with van der Waals surface area (Å²) in [5, 5.41) is 10.3. The second-order valence-corrected chi connectivity index (χ2v) is 6.97. The summed E-state index contributed by atoms with van der Waals surface area (Å²) in [7, 11) is 1.76. The molecule has 0 spiro atoms. The molecular weight excluding hydrogens is 436 g/mol. The summed E-state index contributed by atoms with van der Waals surface area (Å²) in [5.74, 6) is -0.0186. The predicted octanol–water partition coefficient (Wildman–Crippen LogP) is 6.17. The fourth-order valence-corrected chi connectivity index (χ4v) is 3.00. The number of nitrogens with zero attached hydrogens (tertiary/aromatic N) is 2. The van der Waals surface area contributed by atoms with E-state index in [9.17, 15) is 9.59 Å². The third kappa shape index (κ3) is 6.54. The number of hydrogen-bond donors (Lipinski definition) is 2.